The summed E-state index contributed by atoms with van der Waals surface area (Å²) in [6.07, 6.45) is 0.179. The second kappa shape index (κ2) is 5.16. The summed E-state index contributed by atoms with van der Waals surface area (Å²) in [5.74, 6) is 0. The number of ether oxygens (including phenoxy) is 1. The lowest BCUT2D eigenvalue weighted by atomic mass is 10.0. The summed E-state index contributed by atoms with van der Waals surface area (Å²) >= 11 is 0. The first-order valence-corrected chi connectivity index (χ1v) is 6.74. The van der Waals surface area contributed by atoms with Crippen LogP contribution in [0.25, 0.3) is 0 Å². The van der Waals surface area contributed by atoms with E-state index in [0.29, 0.717) is 6.04 Å². The van der Waals surface area contributed by atoms with Crippen molar-refractivity contribution >= 4 is 0 Å². The molecule has 0 unspecified atom stereocenters. The van der Waals surface area contributed by atoms with Crippen LogP contribution < -0.4 is 0 Å². The molecule has 19 heavy (non-hydrogen) atoms. The minimum absolute atomic E-state index is 0.0430. The lowest BCUT2D eigenvalue weighted by molar-refractivity contribution is 0.00560. The maximum Gasteiger partial charge on any atom is 0.137 e. The van der Waals surface area contributed by atoms with Crippen molar-refractivity contribution in [3.8, 4) is 0 Å². The minimum Gasteiger partial charge on any atom is -0.349 e. The topological polar surface area (TPSA) is 12.5 Å². The summed E-state index contributed by atoms with van der Waals surface area (Å²) in [5.41, 5.74) is 2.47. The maximum atomic E-state index is 6.28. The van der Waals surface area contributed by atoms with Crippen LogP contribution in [-0.2, 0) is 4.74 Å². The first-order chi connectivity index (χ1) is 9.27. The average molecular weight is 253 g/mol. The second-order valence-corrected chi connectivity index (χ2v) is 5.14. The van der Waals surface area contributed by atoms with E-state index in [1.165, 1.54) is 11.1 Å². The predicted octanol–water partition coefficient (Wildman–Crippen LogP) is 3.78. The summed E-state index contributed by atoms with van der Waals surface area (Å²) in [6.45, 7) is 2.22. The third-order valence-electron chi connectivity index (χ3n) is 3.94. The molecule has 0 saturated carbocycles. The molecule has 0 aliphatic carbocycles. The highest BCUT2D eigenvalue weighted by Crippen LogP contribution is 2.40. The van der Waals surface area contributed by atoms with Crippen LogP contribution in [0.5, 0.6) is 0 Å². The first-order valence-electron chi connectivity index (χ1n) is 6.74. The van der Waals surface area contributed by atoms with Crippen molar-refractivity contribution in [2.75, 3.05) is 7.05 Å². The van der Waals surface area contributed by atoms with E-state index in [2.05, 4.69) is 67.4 Å². The number of nitrogens with zero attached hydrogens (tertiary/aromatic N) is 1. The lowest BCUT2D eigenvalue weighted by Crippen LogP contribution is -2.27. The van der Waals surface area contributed by atoms with Crippen molar-refractivity contribution in [2.45, 2.75) is 25.3 Å². The van der Waals surface area contributed by atoms with Gasteiger partial charge < -0.3 is 4.74 Å². The van der Waals surface area contributed by atoms with Crippen LogP contribution in [0.3, 0.4) is 0 Å². The molecule has 1 aliphatic rings. The monoisotopic (exact) mass is 253 g/mol. The van der Waals surface area contributed by atoms with Crippen LogP contribution in [0.2, 0.25) is 0 Å². The molecule has 2 aromatic carbocycles. The van der Waals surface area contributed by atoms with E-state index < -0.39 is 0 Å². The van der Waals surface area contributed by atoms with E-state index in [1.54, 1.807) is 0 Å². The molecule has 0 bridgehead atoms. The van der Waals surface area contributed by atoms with E-state index in [9.17, 15) is 0 Å². The van der Waals surface area contributed by atoms with Crippen molar-refractivity contribution in [3.05, 3.63) is 71.8 Å². The van der Waals surface area contributed by atoms with Crippen LogP contribution in [0.4, 0.5) is 0 Å². The van der Waals surface area contributed by atoms with Gasteiger partial charge in [-0.25, -0.2) is 0 Å². The summed E-state index contributed by atoms with van der Waals surface area (Å²) in [4.78, 5) is 2.30. The molecule has 2 nitrogen and oxygen atoms in total. The molecule has 98 valence electrons. The van der Waals surface area contributed by atoms with Crippen molar-refractivity contribution in [1.82, 2.24) is 4.90 Å². The summed E-state index contributed by atoms with van der Waals surface area (Å²) in [7, 11) is 2.13. The molecule has 2 aromatic rings. The van der Waals surface area contributed by atoms with Gasteiger partial charge in [0.2, 0.25) is 0 Å². The SMILES string of the molecule is C[C@H]1[C@@H](c2ccccc2)O[C@@H](c2ccccc2)N1C. The quantitative estimate of drug-likeness (QED) is 0.807. The molecule has 1 fully saturated rings. The zero-order valence-electron chi connectivity index (χ0n) is 11.4. The third-order valence-corrected chi connectivity index (χ3v) is 3.94. The lowest BCUT2D eigenvalue weighted by Gasteiger charge is -2.21. The highest BCUT2D eigenvalue weighted by Gasteiger charge is 2.38. The van der Waals surface area contributed by atoms with Gasteiger partial charge in [0.1, 0.15) is 12.3 Å². The van der Waals surface area contributed by atoms with Gasteiger partial charge in [-0.05, 0) is 25.1 Å². The van der Waals surface area contributed by atoms with Gasteiger partial charge in [-0.3, -0.25) is 4.90 Å². The van der Waals surface area contributed by atoms with Gasteiger partial charge in [0, 0.05) is 6.04 Å². The van der Waals surface area contributed by atoms with Crippen LogP contribution in [-0.4, -0.2) is 18.0 Å². The molecule has 1 aliphatic heterocycles. The first kappa shape index (κ1) is 12.4. The van der Waals surface area contributed by atoms with E-state index in [0.717, 1.165) is 0 Å². The molecule has 0 aromatic heterocycles. The van der Waals surface area contributed by atoms with Crippen molar-refractivity contribution in [1.29, 1.82) is 0 Å². The fourth-order valence-corrected chi connectivity index (χ4v) is 2.71. The highest BCUT2D eigenvalue weighted by atomic mass is 16.5. The normalized spacial score (nSPS) is 27.6. The van der Waals surface area contributed by atoms with Gasteiger partial charge >= 0.3 is 0 Å². The van der Waals surface area contributed by atoms with Gasteiger partial charge in [0.15, 0.2) is 0 Å². The molecule has 2 heteroatoms. The van der Waals surface area contributed by atoms with Gasteiger partial charge in [0.25, 0.3) is 0 Å². The van der Waals surface area contributed by atoms with E-state index in [-0.39, 0.29) is 12.3 Å². The zero-order chi connectivity index (χ0) is 13.2. The fourth-order valence-electron chi connectivity index (χ4n) is 2.71. The Morgan fingerprint density at radius 3 is 1.95 bits per heavy atom. The largest absolute Gasteiger partial charge is 0.349 e. The van der Waals surface area contributed by atoms with Gasteiger partial charge in [-0.1, -0.05) is 60.7 Å². The van der Waals surface area contributed by atoms with Gasteiger partial charge in [-0.2, -0.15) is 0 Å². The van der Waals surface area contributed by atoms with Crippen molar-refractivity contribution in [3.63, 3.8) is 0 Å². The van der Waals surface area contributed by atoms with Gasteiger partial charge in [-0.15, -0.1) is 0 Å². The molecule has 1 saturated heterocycles. The van der Waals surface area contributed by atoms with E-state index in [1.807, 2.05) is 12.1 Å². The zero-order valence-corrected chi connectivity index (χ0v) is 11.4. The number of hydrogen-bond acceptors (Lipinski definition) is 2. The fraction of sp³-hybridized carbons (Fsp3) is 0.294. The molecule has 0 amide bonds. The highest BCUT2D eigenvalue weighted by molar-refractivity contribution is 5.23. The number of rotatable bonds is 2. The van der Waals surface area contributed by atoms with Crippen LogP contribution in [0.1, 0.15) is 30.4 Å². The molecule has 3 atom stereocenters. The van der Waals surface area contributed by atoms with Crippen molar-refractivity contribution in [2.24, 2.45) is 0 Å². The molecule has 0 radical (unpaired) electrons. The Morgan fingerprint density at radius 1 is 0.842 bits per heavy atom. The Balaban J connectivity index is 1.88. The van der Waals surface area contributed by atoms with Crippen LogP contribution >= 0.6 is 0 Å². The Labute approximate surface area is 114 Å². The van der Waals surface area contributed by atoms with E-state index >= 15 is 0 Å². The summed E-state index contributed by atoms with van der Waals surface area (Å²) in [5, 5.41) is 0. The summed E-state index contributed by atoms with van der Waals surface area (Å²) in [6, 6.07) is 21.3. The molecule has 1 heterocycles. The van der Waals surface area contributed by atoms with Crippen molar-refractivity contribution < 1.29 is 4.74 Å². The van der Waals surface area contributed by atoms with Crippen LogP contribution in [0, 0.1) is 0 Å². The Kier molecular flexibility index (Phi) is 3.36. The number of benzene rings is 2. The molecule has 0 spiro atoms. The predicted molar refractivity (Wildman–Crippen MR) is 76.7 cm³/mol. The second-order valence-electron chi connectivity index (χ2n) is 5.14. The molecular formula is C17H19NO. The van der Waals surface area contributed by atoms with Gasteiger partial charge in [0.05, 0.1) is 0 Å². The number of likely N-dealkylation sites (N-methyl/N-ethyl adjacent to an activating group) is 1. The smallest absolute Gasteiger partial charge is 0.137 e. The Hall–Kier alpha value is -1.64. The third kappa shape index (κ3) is 2.29. The number of hydrogen-bond donors (Lipinski definition) is 0. The summed E-state index contributed by atoms with van der Waals surface area (Å²) < 4.78 is 6.28. The molecule has 0 N–H and O–H groups in total. The van der Waals surface area contributed by atoms with E-state index in [4.69, 9.17) is 4.74 Å². The van der Waals surface area contributed by atoms with Crippen LogP contribution in [0.15, 0.2) is 60.7 Å². The standard InChI is InChI=1S/C17H19NO/c1-13-16(14-9-5-3-6-10-14)19-17(18(13)2)15-11-7-4-8-12-15/h3-13,16-17H,1-2H3/t13-,16-,17-/m0/s1. The molecular weight excluding hydrogens is 234 g/mol. The molecule has 3 rings (SSSR count). The minimum atomic E-state index is 0.0430. The maximum absolute atomic E-state index is 6.28. The Morgan fingerprint density at radius 2 is 1.37 bits per heavy atom. The Bertz CT molecular complexity index is 476. The average Bonchev–Trinajstić information content (AvgIpc) is 2.77.